The molecule has 1 aromatic carbocycles. The van der Waals surface area contributed by atoms with Gasteiger partial charge in [0.15, 0.2) is 17.3 Å². The average Bonchev–Trinajstić information content (AvgIpc) is 2.73. The Morgan fingerprint density at radius 1 is 1.12 bits per heavy atom. The lowest BCUT2D eigenvalue weighted by Crippen LogP contribution is -2.43. The van der Waals surface area contributed by atoms with Crippen LogP contribution in [0.5, 0.6) is 5.75 Å². The number of fused-ring (bicyclic) bond motifs is 3. The van der Waals surface area contributed by atoms with E-state index < -0.39 is 40.9 Å². The number of halogens is 1. The number of allylic oxidation sites excluding steroid dienone is 3. The van der Waals surface area contributed by atoms with Crippen LogP contribution < -0.4 is 0 Å². The Morgan fingerprint density at radius 2 is 1.85 bits per heavy atom. The SMILES string of the molecule is CC(=O)C1=C(O)C2C(=O)C3=C(O)c4c(O)ccc(-c5ccncc5Cl)c4CC3CC2CC1=O.O.[HH].[HH]. The van der Waals surface area contributed by atoms with E-state index in [0.29, 0.717) is 34.6 Å². The monoisotopic (exact) mass is 487 g/mol. The second-order valence-electron chi connectivity index (χ2n) is 8.79. The third-order valence-electron chi connectivity index (χ3n) is 6.94. The van der Waals surface area contributed by atoms with Crippen LogP contribution in [0.2, 0.25) is 5.02 Å². The molecule has 180 valence electrons. The number of carbonyl (C=O) groups excluding carboxylic acids is 3. The van der Waals surface area contributed by atoms with Gasteiger partial charge in [0.2, 0.25) is 0 Å². The van der Waals surface area contributed by atoms with Gasteiger partial charge in [-0.25, -0.2) is 0 Å². The van der Waals surface area contributed by atoms with Crippen LogP contribution in [0, 0.1) is 17.8 Å². The van der Waals surface area contributed by atoms with E-state index >= 15 is 0 Å². The van der Waals surface area contributed by atoms with E-state index in [1.54, 1.807) is 18.3 Å². The lowest BCUT2D eigenvalue weighted by atomic mass is 9.61. The van der Waals surface area contributed by atoms with E-state index in [2.05, 4.69) is 4.98 Å². The summed E-state index contributed by atoms with van der Waals surface area (Å²) in [6.07, 6.45) is 3.79. The molecule has 1 fully saturated rings. The molecule has 8 nitrogen and oxygen atoms in total. The number of aliphatic hydroxyl groups excluding tert-OH is 2. The number of ketones is 3. The van der Waals surface area contributed by atoms with Crippen molar-refractivity contribution in [3.63, 3.8) is 0 Å². The molecule has 3 aliphatic rings. The van der Waals surface area contributed by atoms with Crippen molar-refractivity contribution in [1.82, 2.24) is 4.98 Å². The zero-order valence-corrected chi connectivity index (χ0v) is 18.9. The Labute approximate surface area is 202 Å². The number of nitrogens with zero attached hydrogens (tertiary/aromatic N) is 1. The Morgan fingerprint density at radius 3 is 2.53 bits per heavy atom. The Hall–Kier alpha value is -3.49. The highest BCUT2D eigenvalue weighted by Crippen LogP contribution is 2.51. The first-order valence-corrected chi connectivity index (χ1v) is 11.0. The van der Waals surface area contributed by atoms with E-state index in [9.17, 15) is 29.7 Å². The third-order valence-corrected chi connectivity index (χ3v) is 7.24. The van der Waals surface area contributed by atoms with Crippen LogP contribution in [0.15, 0.2) is 47.5 Å². The fourth-order valence-electron chi connectivity index (χ4n) is 5.60. The van der Waals surface area contributed by atoms with Crippen LogP contribution in [0.25, 0.3) is 16.9 Å². The summed E-state index contributed by atoms with van der Waals surface area (Å²) in [5, 5.41) is 32.8. The number of pyridine rings is 1. The Kier molecular flexibility index (Phi) is 5.83. The van der Waals surface area contributed by atoms with Crippen molar-refractivity contribution in [2.75, 3.05) is 0 Å². The summed E-state index contributed by atoms with van der Waals surface area (Å²) in [4.78, 5) is 41.9. The van der Waals surface area contributed by atoms with Crippen molar-refractivity contribution < 1.29 is 38.0 Å². The predicted molar refractivity (Wildman–Crippen MR) is 127 cm³/mol. The molecule has 34 heavy (non-hydrogen) atoms. The first kappa shape index (κ1) is 23.7. The number of hydrogen-bond donors (Lipinski definition) is 3. The van der Waals surface area contributed by atoms with E-state index in [0.717, 1.165) is 0 Å². The number of phenolic OH excluding ortho intramolecular Hbond substituents is 1. The molecule has 3 unspecified atom stereocenters. The van der Waals surface area contributed by atoms with Gasteiger partial charge < -0.3 is 20.8 Å². The van der Waals surface area contributed by atoms with Crippen molar-refractivity contribution in [2.45, 2.75) is 26.2 Å². The van der Waals surface area contributed by atoms with Gasteiger partial charge >= 0.3 is 0 Å². The second kappa shape index (κ2) is 8.38. The summed E-state index contributed by atoms with van der Waals surface area (Å²) < 4.78 is 0. The maximum absolute atomic E-state index is 13.5. The number of rotatable bonds is 2. The molecular weight excluding hydrogens is 462 g/mol. The average molecular weight is 488 g/mol. The van der Waals surface area contributed by atoms with E-state index in [4.69, 9.17) is 11.6 Å². The molecule has 1 saturated carbocycles. The molecule has 1 aromatic heterocycles. The molecule has 5 N–H and O–H groups in total. The lowest BCUT2D eigenvalue weighted by Gasteiger charge is -2.41. The fraction of sp³-hybridized carbons (Fsp3) is 0.280. The van der Waals surface area contributed by atoms with Gasteiger partial charge in [-0.15, -0.1) is 0 Å². The zero-order chi connectivity index (χ0) is 23.6. The molecule has 0 bridgehead atoms. The van der Waals surface area contributed by atoms with Crippen molar-refractivity contribution >= 4 is 34.7 Å². The van der Waals surface area contributed by atoms with Crippen LogP contribution in [0.4, 0.5) is 0 Å². The van der Waals surface area contributed by atoms with Crippen LogP contribution in [0.3, 0.4) is 0 Å². The van der Waals surface area contributed by atoms with Gasteiger partial charge in [-0.3, -0.25) is 19.4 Å². The lowest BCUT2D eigenvalue weighted by molar-refractivity contribution is -0.127. The molecule has 3 atom stereocenters. The van der Waals surface area contributed by atoms with E-state index in [1.807, 2.05) is 0 Å². The molecule has 0 spiro atoms. The molecule has 2 aromatic rings. The van der Waals surface area contributed by atoms with Gasteiger partial charge in [-0.2, -0.15) is 0 Å². The smallest absolute Gasteiger partial charge is 0.173 e. The minimum atomic E-state index is -1.06. The summed E-state index contributed by atoms with van der Waals surface area (Å²) in [6, 6.07) is 4.88. The molecule has 3 aliphatic carbocycles. The number of phenols is 1. The first-order chi connectivity index (χ1) is 15.7. The molecule has 5 rings (SSSR count). The minimum absolute atomic E-state index is 0. The number of aromatic nitrogens is 1. The van der Waals surface area contributed by atoms with Crippen LogP contribution in [-0.2, 0) is 20.8 Å². The molecule has 0 aliphatic heterocycles. The number of hydrogen-bond acceptors (Lipinski definition) is 7. The van der Waals surface area contributed by atoms with Gasteiger partial charge in [-0.05, 0) is 54.9 Å². The minimum Gasteiger partial charge on any atom is -0.511 e. The summed E-state index contributed by atoms with van der Waals surface area (Å²) in [5.74, 6) is -4.55. The molecule has 0 saturated heterocycles. The molecule has 1 heterocycles. The van der Waals surface area contributed by atoms with Crippen LogP contribution >= 0.6 is 11.6 Å². The predicted octanol–water partition coefficient (Wildman–Crippen LogP) is 3.80. The number of Topliss-reactive ketones (excluding diaryl/α,β-unsaturated/α-hetero) is 3. The maximum atomic E-state index is 13.5. The van der Waals surface area contributed by atoms with Crippen molar-refractivity contribution in [3.8, 4) is 16.9 Å². The first-order valence-electron chi connectivity index (χ1n) is 10.6. The summed E-state index contributed by atoms with van der Waals surface area (Å²) in [5.41, 5.74) is 1.96. The largest absolute Gasteiger partial charge is 0.511 e. The second-order valence-corrected chi connectivity index (χ2v) is 9.19. The molecule has 0 amide bonds. The maximum Gasteiger partial charge on any atom is 0.173 e. The third kappa shape index (κ3) is 3.33. The number of aromatic hydroxyl groups is 1. The summed E-state index contributed by atoms with van der Waals surface area (Å²) in [7, 11) is 0. The quantitative estimate of drug-likeness (QED) is 0.543. The van der Waals surface area contributed by atoms with E-state index in [-0.39, 0.29) is 43.0 Å². The fourth-order valence-corrected chi connectivity index (χ4v) is 5.82. The number of aliphatic hydroxyl groups is 2. The van der Waals surface area contributed by atoms with Gasteiger partial charge in [-0.1, -0.05) is 17.7 Å². The zero-order valence-electron chi connectivity index (χ0n) is 18.1. The Bertz CT molecular complexity index is 1340. The van der Waals surface area contributed by atoms with Crippen molar-refractivity contribution in [1.29, 1.82) is 0 Å². The van der Waals surface area contributed by atoms with E-state index in [1.165, 1.54) is 19.2 Å². The standard InChI is InChI=1S/C25H20ClNO6.H2O.2H2/c1-10(28)19-18(30)8-12-6-11-7-15-13(14-4-5-27-9-16(14)26)2-3-17(29)22(15)25(33)20(11)24(32)21(12)23(19)31;;;/h2-5,9,11-12,21,29,31,33H,6-8H2,1H3;1H2;2*1H. The summed E-state index contributed by atoms with van der Waals surface area (Å²) >= 11 is 6.35. The van der Waals surface area contributed by atoms with Crippen LogP contribution in [0.1, 0.15) is 33.7 Å². The van der Waals surface area contributed by atoms with Crippen LogP contribution in [-0.4, -0.2) is 43.1 Å². The van der Waals surface area contributed by atoms with Crippen molar-refractivity contribution in [2.24, 2.45) is 17.8 Å². The van der Waals surface area contributed by atoms with Gasteiger partial charge in [0.25, 0.3) is 0 Å². The highest BCUT2D eigenvalue weighted by Gasteiger charge is 2.50. The van der Waals surface area contributed by atoms with Gasteiger partial charge in [0.05, 0.1) is 22.1 Å². The van der Waals surface area contributed by atoms with Gasteiger partial charge in [0.1, 0.15) is 17.3 Å². The van der Waals surface area contributed by atoms with Gasteiger partial charge in [0, 0.05) is 32.8 Å². The van der Waals surface area contributed by atoms with Crippen molar-refractivity contribution in [3.05, 3.63) is 63.6 Å². The number of benzene rings is 1. The molecule has 0 radical (unpaired) electrons. The molecule has 9 heteroatoms. The molecular formula is C25H26ClNO7. The highest BCUT2D eigenvalue weighted by molar-refractivity contribution is 6.33. The topological polar surface area (TPSA) is 156 Å². The highest BCUT2D eigenvalue weighted by atomic mass is 35.5. The Balaban J connectivity index is 0.00000152. The number of carbonyl (C=O) groups is 3. The summed E-state index contributed by atoms with van der Waals surface area (Å²) in [6.45, 7) is 1.18. The normalized spacial score (nSPS) is 23.6.